The summed E-state index contributed by atoms with van der Waals surface area (Å²) in [5.41, 5.74) is 8.49. The SMILES string of the molecule is Cc1[nH]c2ccc(O)c(C(=O)CN)c2c1C. The number of nitrogens with two attached hydrogens (primary N) is 1. The number of rotatable bonds is 2. The van der Waals surface area contributed by atoms with Gasteiger partial charge in [0, 0.05) is 16.6 Å². The van der Waals surface area contributed by atoms with Gasteiger partial charge in [0.2, 0.25) is 0 Å². The molecule has 0 bridgehead atoms. The number of fused-ring (bicyclic) bond motifs is 1. The molecule has 1 heterocycles. The lowest BCUT2D eigenvalue weighted by Crippen LogP contribution is -2.14. The topological polar surface area (TPSA) is 79.1 Å². The summed E-state index contributed by atoms with van der Waals surface area (Å²) in [5, 5.41) is 10.5. The van der Waals surface area contributed by atoms with Crippen LogP contribution in [-0.2, 0) is 0 Å². The molecule has 0 aliphatic heterocycles. The standard InChI is InChI=1S/C12H14N2O2/c1-6-7(2)14-8-3-4-9(15)12(11(6)8)10(16)5-13/h3-4,14-15H,5,13H2,1-2H3. The van der Waals surface area contributed by atoms with Crippen molar-refractivity contribution in [3.63, 3.8) is 0 Å². The molecule has 0 amide bonds. The quantitative estimate of drug-likeness (QED) is 0.670. The second kappa shape index (κ2) is 3.64. The van der Waals surface area contributed by atoms with E-state index in [1.807, 2.05) is 13.8 Å². The van der Waals surface area contributed by atoms with Gasteiger partial charge in [-0.15, -0.1) is 0 Å². The minimum absolute atomic E-state index is 0.00921. The van der Waals surface area contributed by atoms with E-state index in [1.54, 1.807) is 6.07 Å². The average molecular weight is 218 g/mol. The molecule has 0 saturated heterocycles. The first-order chi connectivity index (χ1) is 7.56. The molecule has 0 radical (unpaired) electrons. The third-order valence-electron chi connectivity index (χ3n) is 2.91. The zero-order valence-corrected chi connectivity index (χ0v) is 9.29. The number of phenols is 1. The highest BCUT2D eigenvalue weighted by molar-refractivity contribution is 6.12. The van der Waals surface area contributed by atoms with Crippen LogP contribution in [0.4, 0.5) is 0 Å². The van der Waals surface area contributed by atoms with Gasteiger partial charge in [-0.25, -0.2) is 0 Å². The Kier molecular flexibility index (Phi) is 2.44. The second-order valence-corrected chi connectivity index (χ2v) is 3.88. The first-order valence-corrected chi connectivity index (χ1v) is 5.10. The van der Waals surface area contributed by atoms with E-state index < -0.39 is 0 Å². The van der Waals surface area contributed by atoms with E-state index in [0.29, 0.717) is 5.56 Å². The third-order valence-corrected chi connectivity index (χ3v) is 2.91. The maximum absolute atomic E-state index is 11.7. The van der Waals surface area contributed by atoms with E-state index >= 15 is 0 Å². The fourth-order valence-electron chi connectivity index (χ4n) is 1.95. The van der Waals surface area contributed by atoms with Crippen molar-refractivity contribution in [2.75, 3.05) is 6.54 Å². The number of carbonyl (C=O) groups excluding carboxylic acids is 1. The summed E-state index contributed by atoms with van der Waals surface area (Å²) >= 11 is 0. The van der Waals surface area contributed by atoms with E-state index in [4.69, 9.17) is 5.73 Å². The number of carbonyl (C=O) groups is 1. The van der Waals surface area contributed by atoms with Gasteiger partial charge in [-0.2, -0.15) is 0 Å². The molecule has 84 valence electrons. The molecule has 2 rings (SSSR count). The predicted molar refractivity (Wildman–Crippen MR) is 62.8 cm³/mol. The Hall–Kier alpha value is -1.81. The molecule has 0 saturated carbocycles. The fraction of sp³-hybridized carbons (Fsp3) is 0.250. The van der Waals surface area contributed by atoms with Crippen molar-refractivity contribution >= 4 is 16.7 Å². The predicted octanol–water partition coefficient (Wildman–Crippen LogP) is 1.63. The van der Waals surface area contributed by atoms with Crippen molar-refractivity contribution in [1.29, 1.82) is 0 Å². The number of hydrogen-bond donors (Lipinski definition) is 3. The Morgan fingerprint density at radius 2 is 2.12 bits per heavy atom. The van der Waals surface area contributed by atoms with Crippen LogP contribution in [0.3, 0.4) is 0 Å². The Labute approximate surface area is 93.1 Å². The second-order valence-electron chi connectivity index (χ2n) is 3.88. The Bertz CT molecular complexity index is 570. The van der Waals surface area contributed by atoms with Crippen molar-refractivity contribution in [2.45, 2.75) is 13.8 Å². The molecule has 4 N–H and O–H groups in total. The summed E-state index contributed by atoms with van der Waals surface area (Å²) in [6.45, 7) is 3.75. The van der Waals surface area contributed by atoms with Gasteiger partial charge in [0.25, 0.3) is 0 Å². The number of nitrogens with one attached hydrogen (secondary N) is 1. The van der Waals surface area contributed by atoms with Crippen LogP contribution in [0, 0.1) is 13.8 Å². The van der Waals surface area contributed by atoms with Crippen LogP contribution in [0.5, 0.6) is 5.75 Å². The van der Waals surface area contributed by atoms with Gasteiger partial charge in [-0.3, -0.25) is 4.79 Å². The molecule has 1 aromatic heterocycles. The number of aromatic amines is 1. The largest absolute Gasteiger partial charge is 0.507 e. The van der Waals surface area contributed by atoms with E-state index in [2.05, 4.69) is 4.98 Å². The van der Waals surface area contributed by atoms with Crippen molar-refractivity contribution in [2.24, 2.45) is 5.73 Å². The summed E-state index contributed by atoms with van der Waals surface area (Å²) in [6, 6.07) is 3.28. The van der Waals surface area contributed by atoms with Gasteiger partial charge in [0.1, 0.15) is 5.75 Å². The molecule has 2 aromatic rings. The van der Waals surface area contributed by atoms with Crippen molar-refractivity contribution < 1.29 is 9.90 Å². The summed E-state index contributed by atoms with van der Waals surface area (Å²) in [4.78, 5) is 14.9. The number of aromatic hydroxyl groups is 1. The number of aryl methyl sites for hydroxylation is 2. The van der Waals surface area contributed by atoms with Gasteiger partial charge in [-0.05, 0) is 31.5 Å². The molecule has 0 spiro atoms. The molecule has 4 heteroatoms. The number of hydrogen-bond acceptors (Lipinski definition) is 3. The minimum atomic E-state index is -0.245. The zero-order valence-electron chi connectivity index (χ0n) is 9.29. The fourth-order valence-corrected chi connectivity index (χ4v) is 1.95. The maximum Gasteiger partial charge on any atom is 0.180 e. The smallest absolute Gasteiger partial charge is 0.180 e. The van der Waals surface area contributed by atoms with E-state index in [1.165, 1.54) is 6.07 Å². The molecule has 1 aromatic carbocycles. The lowest BCUT2D eigenvalue weighted by atomic mass is 10.0. The number of ketones is 1. The van der Waals surface area contributed by atoms with E-state index in [-0.39, 0.29) is 18.1 Å². The normalized spacial score (nSPS) is 10.9. The Balaban J connectivity index is 2.88. The van der Waals surface area contributed by atoms with Crippen molar-refractivity contribution in [3.05, 3.63) is 29.0 Å². The molecule has 0 aliphatic carbocycles. The van der Waals surface area contributed by atoms with Crippen LogP contribution in [0.2, 0.25) is 0 Å². The number of H-pyrrole nitrogens is 1. The number of phenolic OH excluding ortho intramolecular Hbond substituents is 1. The molecule has 0 atom stereocenters. The molecule has 16 heavy (non-hydrogen) atoms. The highest BCUT2D eigenvalue weighted by Gasteiger charge is 2.17. The number of aromatic nitrogens is 1. The molecular formula is C12H14N2O2. The number of Topliss-reactive ketones (excluding diaryl/α,β-unsaturated/α-hetero) is 1. The Morgan fingerprint density at radius 3 is 2.75 bits per heavy atom. The molecule has 0 unspecified atom stereocenters. The van der Waals surface area contributed by atoms with Crippen molar-refractivity contribution in [1.82, 2.24) is 4.98 Å². The monoisotopic (exact) mass is 218 g/mol. The van der Waals surface area contributed by atoms with Crippen LogP contribution < -0.4 is 5.73 Å². The van der Waals surface area contributed by atoms with Crippen LogP contribution >= 0.6 is 0 Å². The van der Waals surface area contributed by atoms with E-state index in [0.717, 1.165) is 22.2 Å². The highest BCUT2D eigenvalue weighted by Crippen LogP contribution is 2.31. The summed E-state index contributed by atoms with van der Waals surface area (Å²) in [5.74, 6) is -0.254. The van der Waals surface area contributed by atoms with Crippen LogP contribution in [-0.4, -0.2) is 22.4 Å². The lowest BCUT2D eigenvalue weighted by Gasteiger charge is -2.04. The van der Waals surface area contributed by atoms with Gasteiger partial charge in [0.15, 0.2) is 5.78 Å². The average Bonchev–Trinajstić information content (AvgIpc) is 2.55. The molecule has 0 fully saturated rings. The number of benzene rings is 1. The first-order valence-electron chi connectivity index (χ1n) is 5.10. The third kappa shape index (κ3) is 1.39. The Morgan fingerprint density at radius 1 is 1.44 bits per heavy atom. The maximum atomic E-state index is 11.7. The van der Waals surface area contributed by atoms with Gasteiger partial charge >= 0.3 is 0 Å². The molecular weight excluding hydrogens is 204 g/mol. The van der Waals surface area contributed by atoms with Gasteiger partial charge in [-0.1, -0.05) is 0 Å². The van der Waals surface area contributed by atoms with Gasteiger partial charge in [0.05, 0.1) is 12.1 Å². The highest BCUT2D eigenvalue weighted by atomic mass is 16.3. The summed E-state index contributed by atoms with van der Waals surface area (Å²) < 4.78 is 0. The minimum Gasteiger partial charge on any atom is -0.507 e. The van der Waals surface area contributed by atoms with E-state index in [9.17, 15) is 9.90 Å². The molecule has 4 nitrogen and oxygen atoms in total. The summed E-state index contributed by atoms with van der Waals surface area (Å²) in [7, 11) is 0. The van der Waals surface area contributed by atoms with Gasteiger partial charge < -0.3 is 15.8 Å². The zero-order chi connectivity index (χ0) is 11.9. The van der Waals surface area contributed by atoms with Crippen LogP contribution in [0.15, 0.2) is 12.1 Å². The van der Waals surface area contributed by atoms with Crippen LogP contribution in [0.1, 0.15) is 21.6 Å². The molecule has 0 aliphatic rings. The van der Waals surface area contributed by atoms with Crippen LogP contribution in [0.25, 0.3) is 10.9 Å². The summed E-state index contributed by atoms with van der Waals surface area (Å²) in [6.07, 6.45) is 0. The lowest BCUT2D eigenvalue weighted by molar-refractivity contribution is 0.100. The van der Waals surface area contributed by atoms with Crippen molar-refractivity contribution in [3.8, 4) is 5.75 Å². The first kappa shape index (κ1) is 10.7.